The molecular weight excluding hydrogens is 476 g/mol. The molecule has 2 aliphatic carbocycles. The zero-order valence-electron chi connectivity index (χ0n) is 20.0. The molecule has 2 saturated carbocycles. The Morgan fingerprint density at radius 3 is 2.26 bits per heavy atom. The standard InChI is InChI=1S/C25H34O7S2/c1-23(2)14-10-11-25(23,16(26)12-14)13-33(27)21-19-17-18(32-24(3,4)31-17)20(30-19)22(21)34(28,29)15-8-6-5-7-9-15/h5-9,14,16-22,26H,10-13H2,1-4H3/t14-,16-,17+,18-,19+,20-,21-,22+,25-,33?/m1/s1. The van der Waals surface area contributed by atoms with Crippen LogP contribution in [0.2, 0.25) is 0 Å². The van der Waals surface area contributed by atoms with E-state index in [2.05, 4.69) is 13.8 Å². The first-order valence-electron chi connectivity index (χ1n) is 12.2. The number of hydrogen-bond acceptors (Lipinski definition) is 7. The summed E-state index contributed by atoms with van der Waals surface area (Å²) >= 11 is 0. The first-order valence-corrected chi connectivity index (χ1v) is 15.2. The van der Waals surface area contributed by atoms with Crippen LogP contribution < -0.4 is 0 Å². The van der Waals surface area contributed by atoms with Gasteiger partial charge in [-0.3, -0.25) is 4.21 Å². The second kappa shape index (κ2) is 7.35. The van der Waals surface area contributed by atoms with Gasteiger partial charge in [0.1, 0.15) is 29.7 Å². The molecule has 0 radical (unpaired) electrons. The largest absolute Gasteiger partial charge is 0.392 e. The summed E-state index contributed by atoms with van der Waals surface area (Å²) in [5.74, 6) is -0.179. The van der Waals surface area contributed by atoms with E-state index < -0.39 is 72.9 Å². The number of rotatable bonds is 5. The van der Waals surface area contributed by atoms with Crippen molar-refractivity contribution in [3.05, 3.63) is 30.3 Å². The number of aliphatic hydroxyl groups excluding tert-OH is 1. The highest BCUT2D eigenvalue weighted by molar-refractivity contribution is 7.94. The van der Waals surface area contributed by atoms with Crippen LogP contribution in [0.5, 0.6) is 0 Å². The van der Waals surface area contributed by atoms with Crippen molar-refractivity contribution < 1.29 is 31.9 Å². The molecule has 7 nitrogen and oxygen atoms in total. The summed E-state index contributed by atoms with van der Waals surface area (Å²) in [6, 6.07) is 8.33. The topological polar surface area (TPSA) is 99.1 Å². The number of ether oxygens (including phenoxy) is 3. The van der Waals surface area contributed by atoms with Gasteiger partial charge in [0.2, 0.25) is 0 Å². The first kappa shape index (κ1) is 23.6. The van der Waals surface area contributed by atoms with Crippen molar-refractivity contribution >= 4 is 20.6 Å². The van der Waals surface area contributed by atoms with Gasteiger partial charge in [-0.05, 0) is 56.6 Å². The summed E-state index contributed by atoms with van der Waals surface area (Å²) < 4.78 is 60.5. The maximum absolute atomic E-state index is 14.2. The van der Waals surface area contributed by atoms with Crippen molar-refractivity contribution in [1.82, 2.24) is 0 Å². The summed E-state index contributed by atoms with van der Waals surface area (Å²) in [6.07, 6.45) is -0.316. The third kappa shape index (κ3) is 3.00. The molecule has 3 saturated heterocycles. The molecule has 3 aliphatic heterocycles. The maximum Gasteiger partial charge on any atom is 0.185 e. The van der Waals surface area contributed by atoms with Crippen LogP contribution in [0.4, 0.5) is 0 Å². The Balaban J connectivity index is 1.39. The van der Waals surface area contributed by atoms with E-state index in [1.54, 1.807) is 30.3 Å². The number of benzene rings is 1. The molecule has 0 aromatic heterocycles. The molecule has 0 amide bonds. The lowest BCUT2D eigenvalue weighted by atomic mass is 9.70. The SMILES string of the molecule is CC1(C)O[C@@H]2[C@H](O1)[C@@H]1O[C@H]2[C@H](S(=O)(=O)c2ccccc2)[C@@H]1S(=O)C[C@]12CC[C@H](C[C@H]1O)C2(C)C. The summed E-state index contributed by atoms with van der Waals surface area (Å²) in [7, 11) is -5.40. The molecule has 34 heavy (non-hydrogen) atoms. The smallest absolute Gasteiger partial charge is 0.185 e. The van der Waals surface area contributed by atoms with Crippen LogP contribution in [-0.4, -0.2) is 70.3 Å². The maximum atomic E-state index is 14.2. The van der Waals surface area contributed by atoms with Crippen LogP contribution in [0.15, 0.2) is 35.2 Å². The molecular formula is C25H34O7S2. The van der Waals surface area contributed by atoms with Crippen molar-refractivity contribution in [2.45, 2.75) is 98.7 Å². The third-order valence-corrected chi connectivity index (χ3v) is 14.0. The minimum Gasteiger partial charge on any atom is -0.392 e. The lowest BCUT2D eigenvalue weighted by Gasteiger charge is -2.42. The van der Waals surface area contributed by atoms with Crippen LogP contribution in [0.1, 0.15) is 47.0 Å². The molecule has 5 aliphatic rings. The highest BCUT2D eigenvalue weighted by atomic mass is 32.2. The minimum absolute atomic E-state index is 0.147. The lowest BCUT2D eigenvalue weighted by Crippen LogP contribution is -2.57. The van der Waals surface area contributed by atoms with Gasteiger partial charge in [-0.1, -0.05) is 32.0 Å². The summed E-state index contributed by atoms with van der Waals surface area (Å²) in [5, 5.41) is 9.29. The zero-order valence-corrected chi connectivity index (χ0v) is 21.7. The van der Waals surface area contributed by atoms with Crippen LogP contribution in [0.25, 0.3) is 0 Å². The van der Waals surface area contributed by atoms with Gasteiger partial charge in [-0.25, -0.2) is 8.42 Å². The molecule has 1 N–H and O–H groups in total. The molecule has 4 bridgehead atoms. The monoisotopic (exact) mass is 510 g/mol. The summed E-state index contributed by atoms with van der Waals surface area (Å²) in [5.41, 5.74) is -0.622. The fourth-order valence-electron chi connectivity index (χ4n) is 7.71. The Morgan fingerprint density at radius 2 is 1.68 bits per heavy atom. The Labute approximate surface area is 203 Å². The van der Waals surface area contributed by atoms with Crippen molar-refractivity contribution in [2.24, 2.45) is 16.7 Å². The van der Waals surface area contributed by atoms with Gasteiger partial charge in [0.15, 0.2) is 15.6 Å². The van der Waals surface area contributed by atoms with Gasteiger partial charge in [0.25, 0.3) is 0 Å². The predicted molar refractivity (Wildman–Crippen MR) is 126 cm³/mol. The highest BCUT2D eigenvalue weighted by Gasteiger charge is 2.71. The van der Waals surface area contributed by atoms with Crippen LogP contribution in [0, 0.1) is 16.7 Å². The predicted octanol–water partition coefficient (Wildman–Crippen LogP) is 2.43. The number of hydrogen-bond donors (Lipinski definition) is 1. The van der Waals surface area contributed by atoms with Gasteiger partial charge < -0.3 is 19.3 Å². The van der Waals surface area contributed by atoms with Crippen LogP contribution >= 0.6 is 0 Å². The molecule has 1 aromatic carbocycles. The number of sulfone groups is 1. The van der Waals surface area contributed by atoms with Gasteiger partial charge in [-0.2, -0.15) is 0 Å². The van der Waals surface area contributed by atoms with Crippen molar-refractivity contribution in [3.8, 4) is 0 Å². The number of aliphatic hydroxyl groups is 1. The van der Waals surface area contributed by atoms with Gasteiger partial charge in [0, 0.05) is 22.0 Å². The van der Waals surface area contributed by atoms with E-state index in [0.29, 0.717) is 5.92 Å². The van der Waals surface area contributed by atoms with Gasteiger partial charge in [0.05, 0.1) is 16.2 Å². The third-order valence-electron chi connectivity index (χ3n) is 9.62. The van der Waals surface area contributed by atoms with E-state index in [0.717, 1.165) is 19.3 Å². The van der Waals surface area contributed by atoms with Gasteiger partial charge >= 0.3 is 0 Å². The first-order chi connectivity index (χ1) is 15.9. The molecule has 9 heteroatoms. The molecule has 1 aromatic rings. The quantitative estimate of drug-likeness (QED) is 0.650. The second-order valence-corrected chi connectivity index (χ2v) is 15.5. The molecule has 3 heterocycles. The van der Waals surface area contributed by atoms with E-state index in [4.69, 9.17) is 14.2 Å². The zero-order chi connectivity index (χ0) is 24.3. The highest BCUT2D eigenvalue weighted by Crippen LogP contribution is 2.66. The molecule has 10 atom stereocenters. The average Bonchev–Trinajstić information content (AvgIpc) is 3.50. The fourth-order valence-corrected chi connectivity index (χ4v) is 12.8. The molecule has 6 rings (SSSR count). The van der Waals surface area contributed by atoms with Crippen molar-refractivity contribution in [1.29, 1.82) is 0 Å². The van der Waals surface area contributed by atoms with Crippen molar-refractivity contribution in [3.63, 3.8) is 0 Å². The summed E-state index contributed by atoms with van der Waals surface area (Å²) in [6.45, 7) is 7.96. The van der Waals surface area contributed by atoms with E-state index in [-0.39, 0.29) is 16.1 Å². The Kier molecular flexibility index (Phi) is 5.09. The van der Waals surface area contributed by atoms with E-state index in [1.165, 1.54) is 0 Å². The summed E-state index contributed by atoms with van der Waals surface area (Å²) in [4.78, 5) is 0.202. The molecule has 1 unspecified atom stereocenters. The van der Waals surface area contributed by atoms with Crippen molar-refractivity contribution in [2.75, 3.05) is 5.75 Å². The molecule has 5 fully saturated rings. The van der Waals surface area contributed by atoms with Crippen LogP contribution in [0.3, 0.4) is 0 Å². The normalized spacial score (nSPS) is 46.6. The Bertz CT molecular complexity index is 1120. The van der Waals surface area contributed by atoms with E-state index in [1.807, 2.05) is 13.8 Å². The van der Waals surface area contributed by atoms with Gasteiger partial charge in [-0.15, -0.1) is 0 Å². The van der Waals surface area contributed by atoms with Crippen LogP contribution in [-0.2, 0) is 34.8 Å². The lowest BCUT2D eigenvalue weighted by molar-refractivity contribution is -0.176. The van der Waals surface area contributed by atoms with E-state index in [9.17, 15) is 17.7 Å². The minimum atomic E-state index is -3.85. The Morgan fingerprint density at radius 1 is 1.03 bits per heavy atom. The molecule has 188 valence electrons. The Hall–Kier alpha value is -0.840. The fraction of sp³-hybridized carbons (Fsp3) is 0.760. The second-order valence-electron chi connectivity index (χ2n) is 11.8. The average molecular weight is 511 g/mol. The number of fused-ring (bicyclic) bond motifs is 7. The van der Waals surface area contributed by atoms with E-state index >= 15 is 0 Å². The molecule has 0 spiro atoms.